The van der Waals surface area contributed by atoms with Crippen molar-refractivity contribution in [1.82, 2.24) is 10.6 Å². The minimum absolute atomic E-state index is 0.0923. The zero-order chi connectivity index (χ0) is 20.4. The maximum absolute atomic E-state index is 12.4. The van der Waals surface area contributed by atoms with E-state index in [1.807, 2.05) is 0 Å². The summed E-state index contributed by atoms with van der Waals surface area (Å²) in [5, 5.41) is 13.6. The van der Waals surface area contributed by atoms with Crippen molar-refractivity contribution in [3.05, 3.63) is 71.8 Å². The molecule has 0 aliphatic carbocycles. The summed E-state index contributed by atoms with van der Waals surface area (Å²) >= 11 is 0. The molecule has 0 spiro atoms. The molecule has 0 radical (unpaired) electrons. The highest BCUT2D eigenvalue weighted by atomic mass is 32.2. The summed E-state index contributed by atoms with van der Waals surface area (Å²) in [6.07, 6.45) is -0.0923. The molecule has 0 heterocycles. The van der Waals surface area contributed by atoms with E-state index in [-0.39, 0.29) is 24.5 Å². The van der Waals surface area contributed by atoms with Crippen molar-refractivity contribution in [1.29, 1.82) is 5.26 Å². The molecule has 0 aliphatic heterocycles. The molecule has 1 atom stereocenters. The van der Waals surface area contributed by atoms with E-state index in [0.717, 1.165) is 0 Å². The molecule has 0 aliphatic rings. The van der Waals surface area contributed by atoms with Crippen LogP contribution < -0.4 is 10.6 Å². The van der Waals surface area contributed by atoms with E-state index in [1.165, 1.54) is 0 Å². The molecule has 2 N–H and O–H groups in total. The number of rotatable bonds is 9. The Kier molecular flexibility index (Phi) is 7.72. The first-order chi connectivity index (χ1) is 13.4. The van der Waals surface area contributed by atoms with Gasteiger partial charge in [-0.2, -0.15) is 5.26 Å². The molecule has 146 valence electrons. The fourth-order valence-electron chi connectivity index (χ4n) is 2.55. The van der Waals surface area contributed by atoms with Gasteiger partial charge in [-0.25, -0.2) is 8.42 Å². The summed E-state index contributed by atoms with van der Waals surface area (Å²) in [5.41, 5.74) is 1.01. The van der Waals surface area contributed by atoms with E-state index in [2.05, 4.69) is 10.6 Å². The van der Waals surface area contributed by atoms with Crippen molar-refractivity contribution < 1.29 is 18.0 Å². The van der Waals surface area contributed by atoms with Crippen LogP contribution in [0.3, 0.4) is 0 Å². The molecule has 2 rings (SSSR count). The van der Waals surface area contributed by atoms with Gasteiger partial charge in [0, 0.05) is 5.56 Å². The average Bonchev–Trinajstić information content (AvgIpc) is 2.70. The van der Waals surface area contributed by atoms with E-state index in [4.69, 9.17) is 5.26 Å². The average molecular weight is 399 g/mol. The Morgan fingerprint density at radius 1 is 1.00 bits per heavy atom. The van der Waals surface area contributed by atoms with E-state index >= 15 is 0 Å². The lowest BCUT2D eigenvalue weighted by atomic mass is 10.1. The lowest BCUT2D eigenvalue weighted by Crippen LogP contribution is -2.47. The molecule has 0 aromatic heterocycles. The Balaban J connectivity index is 2.05. The zero-order valence-corrected chi connectivity index (χ0v) is 16.0. The minimum Gasteiger partial charge on any atom is -0.341 e. The summed E-state index contributed by atoms with van der Waals surface area (Å²) in [5.74, 6) is -1.51. The van der Waals surface area contributed by atoms with Crippen molar-refractivity contribution in [3.63, 3.8) is 0 Å². The molecule has 0 fully saturated rings. The van der Waals surface area contributed by atoms with Gasteiger partial charge in [-0.15, -0.1) is 0 Å². The minimum atomic E-state index is -3.48. The van der Waals surface area contributed by atoms with Crippen molar-refractivity contribution in [2.24, 2.45) is 0 Å². The van der Waals surface area contributed by atoms with Crippen LogP contribution in [0, 0.1) is 11.3 Å². The van der Waals surface area contributed by atoms with Gasteiger partial charge in [0.15, 0.2) is 9.84 Å². The van der Waals surface area contributed by atoms with Gasteiger partial charge < -0.3 is 10.6 Å². The fourth-order valence-corrected chi connectivity index (χ4v) is 3.99. The van der Waals surface area contributed by atoms with Crippen LogP contribution in [0.1, 0.15) is 22.3 Å². The Labute approximate surface area is 164 Å². The second-order valence-corrected chi connectivity index (χ2v) is 8.32. The highest BCUT2D eigenvalue weighted by Crippen LogP contribution is 2.09. The third kappa shape index (κ3) is 6.85. The maximum Gasteiger partial charge on any atom is 0.251 e. The Morgan fingerprint density at radius 2 is 1.61 bits per heavy atom. The molecular weight excluding hydrogens is 378 g/mol. The van der Waals surface area contributed by atoms with Crippen LogP contribution in [-0.2, 0) is 20.4 Å². The molecular formula is C20H21N3O4S. The largest absolute Gasteiger partial charge is 0.341 e. The van der Waals surface area contributed by atoms with Crippen molar-refractivity contribution in [3.8, 4) is 6.07 Å². The van der Waals surface area contributed by atoms with Crippen LogP contribution in [-0.4, -0.2) is 38.6 Å². The lowest BCUT2D eigenvalue weighted by molar-refractivity contribution is -0.122. The van der Waals surface area contributed by atoms with Crippen LogP contribution in [0.4, 0.5) is 0 Å². The Bertz CT molecular complexity index is 938. The predicted octanol–water partition coefficient (Wildman–Crippen LogP) is 1.43. The number of nitriles is 1. The number of nitrogens with zero attached hydrogens (tertiary/aromatic N) is 1. The standard InChI is InChI=1S/C20H21N3O4S/c21-12-13-22-20(25)18(23-19(24)17-9-5-2-6-10-17)11-14-28(26,27)15-16-7-3-1-4-8-16/h1-10,18H,11,13-15H2,(H,22,25)(H,23,24)/t18-/m0/s1. The number of nitrogens with one attached hydrogen (secondary N) is 2. The molecule has 0 unspecified atom stereocenters. The summed E-state index contributed by atoms with van der Waals surface area (Å²) in [6.45, 7) is -0.229. The first-order valence-corrected chi connectivity index (χ1v) is 10.5. The molecule has 8 heteroatoms. The molecule has 0 saturated carbocycles. The molecule has 0 bridgehead atoms. The van der Waals surface area contributed by atoms with Crippen molar-refractivity contribution in [2.75, 3.05) is 12.3 Å². The van der Waals surface area contributed by atoms with Crippen molar-refractivity contribution >= 4 is 21.7 Å². The first kappa shape index (κ1) is 21.1. The third-order valence-corrected chi connectivity index (χ3v) is 5.58. The topological polar surface area (TPSA) is 116 Å². The lowest BCUT2D eigenvalue weighted by Gasteiger charge is -2.18. The van der Waals surface area contributed by atoms with Crippen LogP contribution in [0.2, 0.25) is 0 Å². The fraction of sp³-hybridized carbons (Fsp3) is 0.250. The van der Waals surface area contributed by atoms with Crippen molar-refractivity contribution in [2.45, 2.75) is 18.2 Å². The highest BCUT2D eigenvalue weighted by Gasteiger charge is 2.24. The predicted molar refractivity (Wildman–Crippen MR) is 105 cm³/mol. The molecule has 7 nitrogen and oxygen atoms in total. The van der Waals surface area contributed by atoms with Gasteiger partial charge in [-0.3, -0.25) is 9.59 Å². The second-order valence-electron chi connectivity index (χ2n) is 6.13. The SMILES string of the molecule is N#CCNC(=O)[C@H](CCS(=O)(=O)Cc1ccccc1)NC(=O)c1ccccc1. The molecule has 28 heavy (non-hydrogen) atoms. The molecule has 2 amide bonds. The van der Waals surface area contributed by atoms with Crippen LogP contribution in [0.5, 0.6) is 0 Å². The number of carbonyl (C=O) groups is 2. The van der Waals surface area contributed by atoms with Crippen LogP contribution >= 0.6 is 0 Å². The maximum atomic E-state index is 12.4. The summed E-state index contributed by atoms with van der Waals surface area (Å²) < 4.78 is 24.8. The summed E-state index contributed by atoms with van der Waals surface area (Å²) in [6, 6.07) is 17.7. The van der Waals surface area contributed by atoms with E-state index in [0.29, 0.717) is 11.1 Å². The Morgan fingerprint density at radius 3 is 2.21 bits per heavy atom. The normalized spacial score (nSPS) is 11.8. The van der Waals surface area contributed by atoms with Crippen LogP contribution in [0.15, 0.2) is 60.7 Å². The molecule has 0 saturated heterocycles. The number of benzene rings is 2. The highest BCUT2D eigenvalue weighted by molar-refractivity contribution is 7.90. The molecule has 2 aromatic rings. The number of sulfone groups is 1. The number of amides is 2. The van der Waals surface area contributed by atoms with E-state index in [1.54, 1.807) is 66.7 Å². The smallest absolute Gasteiger partial charge is 0.251 e. The van der Waals surface area contributed by atoms with Gasteiger partial charge in [-0.1, -0.05) is 48.5 Å². The van der Waals surface area contributed by atoms with E-state index < -0.39 is 27.7 Å². The third-order valence-electron chi connectivity index (χ3n) is 3.95. The number of hydrogen-bond acceptors (Lipinski definition) is 5. The second kappa shape index (κ2) is 10.2. The van der Waals surface area contributed by atoms with Crippen LogP contribution in [0.25, 0.3) is 0 Å². The zero-order valence-electron chi connectivity index (χ0n) is 15.2. The van der Waals surface area contributed by atoms with Gasteiger partial charge in [0.25, 0.3) is 5.91 Å². The van der Waals surface area contributed by atoms with Gasteiger partial charge in [0.05, 0.1) is 17.6 Å². The van der Waals surface area contributed by atoms with Gasteiger partial charge in [0.2, 0.25) is 5.91 Å². The number of hydrogen-bond donors (Lipinski definition) is 2. The summed E-state index contributed by atoms with van der Waals surface area (Å²) in [4.78, 5) is 24.6. The van der Waals surface area contributed by atoms with Gasteiger partial charge >= 0.3 is 0 Å². The molecule has 2 aromatic carbocycles. The first-order valence-electron chi connectivity index (χ1n) is 8.66. The monoisotopic (exact) mass is 399 g/mol. The van der Waals surface area contributed by atoms with E-state index in [9.17, 15) is 18.0 Å². The summed E-state index contributed by atoms with van der Waals surface area (Å²) in [7, 11) is -3.48. The Hall–Kier alpha value is -3.18. The quantitative estimate of drug-likeness (QED) is 0.619. The number of carbonyl (C=O) groups excluding carboxylic acids is 2. The van der Waals surface area contributed by atoms with Gasteiger partial charge in [0.1, 0.15) is 12.6 Å². The van der Waals surface area contributed by atoms with Gasteiger partial charge in [-0.05, 0) is 24.1 Å².